The molecule has 1 aliphatic carbocycles. The van der Waals surface area contributed by atoms with Crippen molar-refractivity contribution in [3.63, 3.8) is 0 Å². The van der Waals surface area contributed by atoms with Gasteiger partial charge in [0, 0.05) is 0 Å². The van der Waals surface area contributed by atoms with Gasteiger partial charge in [-0.15, -0.1) is 0 Å². The summed E-state index contributed by atoms with van der Waals surface area (Å²) >= 11 is 5.09. The zero-order valence-electron chi connectivity index (χ0n) is 8.08. The van der Waals surface area contributed by atoms with Crippen LogP contribution in [0.5, 0.6) is 0 Å². The molecule has 2 rings (SSSR count). The number of hydrogen-bond acceptors (Lipinski definition) is 2. The first-order chi connectivity index (χ1) is 8.29. The van der Waals surface area contributed by atoms with E-state index < -0.39 is 56.8 Å². The lowest BCUT2D eigenvalue weighted by Crippen LogP contribution is -2.23. The zero-order valence-corrected chi connectivity index (χ0v) is 8.84. The highest BCUT2D eigenvalue weighted by Crippen LogP contribution is 2.34. The smallest absolute Gasteiger partial charge is 0.226 e. The lowest BCUT2D eigenvalue weighted by molar-refractivity contribution is 0.0950. The highest BCUT2D eigenvalue weighted by Gasteiger charge is 2.40. The molecule has 94 valence electrons. The summed E-state index contributed by atoms with van der Waals surface area (Å²) in [5, 5.41) is -1.31. The molecule has 0 aromatic heterocycles. The maximum atomic E-state index is 13.3. The maximum Gasteiger partial charge on any atom is 0.226 e. The first kappa shape index (κ1) is 12.7. The van der Waals surface area contributed by atoms with Gasteiger partial charge in [-0.3, -0.25) is 9.59 Å². The molecule has 0 saturated carbocycles. The normalized spacial score (nSPS) is 15.2. The van der Waals surface area contributed by atoms with Crippen molar-refractivity contribution in [3.8, 4) is 0 Å². The number of carbonyl (C=O) groups is 2. The van der Waals surface area contributed by atoms with E-state index in [1.54, 1.807) is 0 Å². The molecule has 1 aliphatic rings. The first-order valence-electron chi connectivity index (χ1n) is 4.29. The van der Waals surface area contributed by atoms with Crippen molar-refractivity contribution in [1.82, 2.24) is 0 Å². The van der Waals surface area contributed by atoms with Crippen LogP contribution in [0.2, 0.25) is 0 Å². The van der Waals surface area contributed by atoms with E-state index in [4.69, 9.17) is 11.6 Å². The number of rotatable bonds is 0. The number of hydrogen-bond donors (Lipinski definition) is 0. The molecule has 18 heavy (non-hydrogen) atoms. The van der Waals surface area contributed by atoms with E-state index in [-0.39, 0.29) is 0 Å². The lowest BCUT2D eigenvalue weighted by atomic mass is 9.92. The first-order valence-corrected chi connectivity index (χ1v) is 4.67. The second-order valence-electron chi connectivity index (χ2n) is 3.29. The van der Waals surface area contributed by atoms with Gasteiger partial charge in [0.05, 0.1) is 11.1 Å². The summed E-state index contributed by atoms with van der Waals surface area (Å²) < 4.78 is 65.4. The zero-order chi connectivity index (χ0) is 13.8. The molecule has 0 amide bonds. The quantitative estimate of drug-likeness (QED) is 0.416. The van der Waals surface area contributed by atoms with Crippen molar-refractivity contribution in [3.05, 3.63) is 45.3 Å². The molecular weight excluding hydrogens is 283 g/mol. The number of ketones is 2. The summed E-state index contributed by atoms with van der Waals surface area (Å²) in [5.74, 6) is -14.1. The second-order valence-corrected chi connectivity index (χ2v) is 3.67. The SMILES string of the molecule is O=C1C(F)=C(Cl)C(=O)c2c(F)c(F)c(F)c(F)c21. The van der Waals surface area contributed by atoms with Crippen LogP contribution in [0.3, 0.4) is 0 Å². The third kappa shape index (κ3) is 1.40. The number of Topliss-reactive ketones (excluding diaryl/α,β-unsaturated/α-hetero) is 2. The van der Waals surface area contributed by atoms with Gasteiger partial charge >= 0.3 is 0 Å². The highest BCUT2D eigenvalue weighted by molar-refractivity contribution is 6.49. The minimum atomic E-state index is -2.31. The fraction of sp³-hybridized carbons (Fsp3) is 0. The van der Waals surface area contributed by atoms with Crippen LogP contribution in [-0.2, 0) is 0 Å². The average molecular weight is 283 g/mol. The number of halogens is 6. The second kappa shape index (κ2) is 3.88. The van der Waals surface area contributed by atoms with Crippen molar-refractivity contribution < 1.29 is 31.5 Å². The van der Waals surface area contributed by atoms with E-state index in [2.05, 4.69) is 0 Å². The number of fused-ring (bicyclic) bond motifs is 1. The molecule has 0 fully saturated rings. The largest absolute Gasteiger partial charge is 0.287 e. The number of benzene rings is 1. The summed E-state index contributed by atoms with van der Waals surface area (Å²) in [4.78, 5) is 22.6. The summed E-state index contributed by atoms with van der Waals surface area (Å²) in [6, 6.07) is 0. The average Bonchev–Trinajstić information content (AvgIpc) is 2.35. The minimum Gasteiger partial charge on any atom is -0.287 e. The molecular formula is C10ClF5O2. The van der Waals surface area contributed by atoms with E-state index in [0.717, 1.165) is 0 Å². The minimum absolute atomic E-state index is 1.31. The summed E-state index contributed by atoms with van der Waals surface area (Å²) in [7, 11) is 0. The Kier molecular flexibility index (Phi) is 2.73. The fourth-order valence-electron chi connectivity index (χ4n) is 1.48. The van der Waals surface area contributed by atoms with E-state index in [1.807, 2.05) is 0 Å². The molecule has 2 nitrogen and oxygen atoms in total. The van der Waals surface area contributed by atoms with Crippen LogP contribution in [0.25, 0.3) is 0 Å². The van der Waals surface area contributed by atoms with Gasteiger partial charge in [-0.2, -0.15) is 0 Å². The lowest BCUT2D eigenvalue weighted by Gasteiger charge is -2.15. The van der Waals surface area contributed by atoms with E-state index in [9.17, 15) is 31.5 Å². The van der Waals surface area contributed by atoms with Crippen molar-refractivity contribution in [2.45, 2.75) is 0 Å². The van der Waals surface area contributed by atoms with Crippen LogP contribution < -0.4 is 0 Å². The highest BCUT2D eigenvalue weighted by atomic mass is 35.5. The molecule has 0 spiro atoms. The molecule has 0 unspecified atom stereocenters. The predicted octanol–water partition coefficient (Wildman–Crippen LogP) is 3.04. The molecule has 1 aromatic rings. The van der Waals surface area contributed by atoms with Gasteiger partial charge in [0.1, 0.15) is 5.03 Å². The molecule has 0 bridgehead atoms. The Balaban J connectivity index is 2.96. The van der Waals surface area contributed by atoms with Crippen LogP contribution >= 0.6 is 11.6 Å². The van der Waals surface area contributed by atoms with E-state index in [0.29, 0.717) is 0 Å². The summed E-state index contributed by atoms with van der Waals surface area (Å²) in [5.41, 5.74) is -2.92. The molecule has 0 saturated heterocycles. The fourth-order valence-corrected chi connectivity index (χ4v) is 1.66. The van der Waals surface area contributed by atoms with Gasteiger partial charge in [-0.25, -0.2) is 22.0 Å². The Morgan fingerprint density at radius 1 is 0.667 bits per heavy atom. The van der Waals surface area contributed by atoms with Crippen molar-refractivity contribution in [2.75, 3.05) is 0 Å². The van der Waals surface area contributed by atoms with Gasteiger partial charge in [0.15, 0.2) is 29.1 Å². The number of allylic oxidation sites excluding steroid dienone is 2. The topological polar surface area (TPSA) is 34.1 Å². The standard InChI is InChI=1S/C10ClF5O2/c11-3-6(14)10(18)2-1(9(3)17)4(12)7(15)8(16)5(2)13. The molecule has 0 radical (unpaired) electrons. The molecule has 0 atom stereocenters. The van der Waals surface area contributed by atoms with Crippen LogP contribution in [0.1, 0.15) is 20.7 Å². The third-order valence-electron chi connectivity index (χ3n) is 2.31. The molecule has 8 heteroatoms. The monoisotopic (exact) mass is 282 g/mol. The molecule has 0 N–H and O–H groups in total. The number of carbonyl (C=O) groups excluding carboxylic acids is 2. The van der Waals surface area contributed by atoms with Crippen molar-refractivity contribution in [2.24, 2.45) is 0 Å². The van der Waals surface area contributed by atoms with Gasteiger partial charge < -0.3 is 0 Å². The molecule has 0 heterocycles. The Morgan fingerprint density at radius 3 is 1.50 bits per heavy atom. The van der Waals surface area contributed by atoms with Gasteiger partial charge in [-0.05, 0) is 0 Å². The maximum absolute atomic E-state index is 13.3. The van der Waals surface area contributed by atoms with Crippen molar-refractivity contribution >= 4 is 23.2 Å². The summed E-state index contributed by atoms with van der Waals surface area (Å²) in [6.45, 7) is 0. The van der Waals surface area contributed by atoms with Gasteiger partial charge in [0.2, 0.25) is 11.6 Å². The van der Waals surface area contributed by atoms with Crippen LogP contribution in [0.15, 0.2) is 10.9 Å². The Labute approximate surface area is 101 Å². The van der Waals surface area contributed by atoms with Crippen LogP contribution in [-0.4, -0.2) is 11.6 Å². The van der Waals surface area contributed by atoms with Gasteiger partial charge in [0.25, 0.3) is 0 Å². The van der Waals surface area contributed by atoms with Crippen LogP contribution in [0, 0.1) is 23.3 Å². The Morgan fingerprint density at radius 2 is 1.06 bits per heavy atom. The summed E-state index contributed by atoms with van der Waals surface area (Å²) in [6.07, 6.45) is 0. The van der Waals surface area contributed by atoms with E-state index in [1.165, 1.54) is 0 Å². The molecule has 0 aliphatic heterocycles. The Bertz CT molecular complexity index is 595. The van der Waals surface area contributed by atoms with Crippen LogP contribution in [0.4, 0.5) is 22.0 Å². The van der Waals surface area contributed by atoms with E-state index >= 15 is 0 Å². The van der Waals surface area contributed by atoms with Gasteiger partial charge in [-0.1, -0.05) is 11.6 Å². The predicted molar refractivity (Wildman–Crippen MR) is 48.9 cm³/mol. The third-order valence-corrected chi connectivity index (χ3v) is 2.65. The van der Waals surface area contributed by atoms with Crippen molar-refractivity contribution in [1.29, 1.82) is 0 Å². The molecule has 1 aromatic carbocycles. The Hall–Kier alpha value is -1.76.